The maximum Gasteiger partial charge on any atom is 0.283 e. The Morgan fingerprint density at radius 2 is 1.91 bits per heavy atom. The minimum Gasteiger partial charge on any atom is -0.380 e. The Bertz CT molecular complexity index is 1000. The van der Waals surface area contributed by atoms with Crippen LogP contribution in [-0.4, -0.2) is 21.7 Å². The van der Waals surface area contributed by atoms with Gasteiger partial charge in [-0.05, 0) is 58.0 Å². The van der Waals surface area contributed by atoms with E-state index in [1.165, 1.54) is 4.68 Å². The maximum absolute atomic E-state index is 12.9. The topological polar surface area (TPSA) is 76.0 Å². The first-order valence-corrected chi connectivity index (χ1v) is 12.2. The van der Waals surface area contributed by atoms with Gasteiger partial charge in [-0.3, -0.25) is 9.59 Å². The van der Waals surface area contributed by atoms with Crippen LogP contribution in [0.25, 0.3) is 0 Å². The fraction of sp³-hybridized carbons (Fsp3) is 0.560. The zero-order valence-corrected chi connectivity index (χ0v) is 21.4. The van der Waals surface area contributed by atoms with Crippen LogP contribution in [0.3, 0.4) is 0 Å². The van der Waals surface area contributed by atoms with Gasteiger partial charge in [0.15, 0.2) is 0 Å². The number of amides is 1. The Labute approximate surface area is 199 Å². The number of hydrogen-bond donors (Lipinski definition) is 2. The molecule has 0 aliphatic heterocycles. The molecular weight excluding hydrogens is 468 g/mol. The van der Waals surface area contributed by atoms with Crippen molar-refractivity contribution in [1.29, 1.82) is 0 Å². The van der Waals surface area contributed by atoms with Gasteiger partial charge in [-0.25, -0.2) is 4.68 Å². The molecule has 0 radical (unpaired) electrons. The molecule has 1 aromatic heterocycles. The van der Waals surface area contributed by atoms with Crippen molar-refractivity contribution >= 4 is 27.5 Å². The summed E-state index contributed by atoms with van der Waals surface area (Å²) in [5.41, 5.74) is 1.65. The predicted octanol–water partition coefficient (Wildman–Crippen LogP) is 5.00. The summed E-state index contributed by atoms with van der Waals surface area (Å²) < 4.78 is 1.61. The smallest absolute Gasteiger partial charge is 0.283 e. The highest BCUT2D eigenvalue weighted by Crippen LogP contribution is 2.48. The van der Waals surface area contributed by atoms with Crippen LogP contribution in [0.5, 0.6) is 0 Å². The van der Waals surface area contributed by atoms with Crippen molar-refractivity contribution < 1.29 is 4.79 Å². The van der Waals surface area contributed by atoms with Crippen molar-refractivity contribution in [3.8, 4) is 0 Å². The van der Waals surface area contributed by atoms with Crippen LogP contribution >= 0.6 is 15.9 Å². The fourth-order valence-corrected chi connectivity index (χ4v) is 5.11. The van der Waals surface area contributed by atoms with Crippen molar-refractivity contribution in [2.75, 3.05) is 5.32 Å². The van der Waals surface area contributed by atoms with E-state index in [1.807, 2.05) is 37.3 Å². The van der Waals surface area contributed by atoms with Crippen LogP contribution in [0.2, 0.25) is 0 Å². The first kappa shape index (κ1) is 24.5. The molecule has 1 aliphatic rings. The van der Waals surface area contributed by atoms with Crippen LogP contribution in [0.1, 0.15) is 59.6 Å². The molecule has 7 heteroatoms. The van der Waals surface area contributed by atoms with Gasteiger partial charge in [-0.15, -0.1) is 0 Å². The van der Waals surface area contributed by atoms with Gasteiger partial charge in [0.05, 0.1) is 17.9 Å². The van der Waals surface area contributed by atoms with Gasteiger partial charge in [0.25, 0.3) is 5.56 Å². The summed E-state index contributed by atoms with van der Waals surface area (Å²) in [6.07, 6.45) is 2.68. The highest BCUT2D eigenvalue weighted by molar-refractivity contribution is 9.10. The number of benzene rings is 1. The number of aromatic nitrogens is 2. The molecule has 6 nitrogen and oxygen atoms in total. The SMILES string of the molecule is CC(NC(=O)Cn1ncc(N[C@@H]2C[C@H](C)C(C)(C)[C@H](C)[C@H]2C)c(Br)c1=O)c1ccccc1. The summed E-state index contributed by atoms with van der Waals surface area (Å²) in [6.45, 7) is 13.4. The first-order valence-electron chi connectivity index (χ1n) is 11.4. The Hall–Kier alpha value is -2.15. The molecule has 174 valence electrons. The summed E-state index contributed by atoms with van der Waals surface area (Å²) in [5, 5.41) is 10.7. The lowest BCUT2D eigenvalue weighted by molar-refractivity contribution is -0.122. The third kappa shape index (κ3) is 5.08. The van der Waals surface area contributed by atoms with E-state index in [1.54, 1.807) is 6.20 Å². The molecular formula is C25H35BrN4O2. The molecule has 3 rings (SSSR count). The monoisotopic (exact) mass is 502 g/mol. The van der Waals surface area contributed by atoms with Crippen molar-refractivity contribution in [2.45, 2.75) is 66.6 Å². The van der Waals surface area contributed by atoms with Crippen LogP contribution in [-0.2, 0) is 11.3 Å². The van der Waals surface area contributed by atoms with Crippen molar-refractivity contribution in [2.24, 2.45) is 23.2 Å². The number of nitrogens with zero attached hydrogens (tertiary/aromatic N) is 2. The molecule has 5 atom stereocenters. The number of anilines is 1. The van der Waals surface area contributed by atoms with Crippen LogP contribution in [0, 0.1) is 23.2 Å². The fourth-order valence-electron chi connectivity index (χ4n) is 4.69. The number of halogens is 1. The average Bonchev–Trinajstić information content (AvgIpc) is 2.76. The third-order valence-corrected chi connectivity index (χ3v) is 8.54. The quantitative estimate of drug-likeness (QED) is 0.582. The molecule has 1 aromatic carbocycles. The number of nitrogens with one attached hydrogen (secondary N) is 2. The predicted molar refractivity (Wildman–Crippen MR) is 132 cm³/mol. The Balaban J connectivity index is 1.69. The molecule has 1 saturated carbocycles. The van der Waals surface area contributed by atoms with E-state index < -0.39 is 0 Å². The van der Waals surface area contributed by atoms with Gasteiger partial charge in [0, 0.05) is 6.04 Å². The summed E-state index contributed by atoms with van der Waals surface area (Å²) in [4.78, 5) is 25.4. The van der Waals surface area contributed by atoms with Crippen LogP contribution < -0.4 is 16.2 Å². The van der Waals surface area contributed by atoms with Crippen molar-refractivity contribution in [3.63, 3.8) is 0 Å². The van der Waals surface area contributed by atoms with E-state index in [9.17, 15) is 9.59 Å². The second-order valence-electron chi connectivity index (χ2n) is 9.89. The van der Waals surface area contributed by atoms with E-state index in [0.29, 0.717) is 27.9 Å². The molecule has 2 aromatic rings. The normalized spacial score (nSPS) is 25.7. The second-order valence-corrected chi connectivity index (χ2v) is 10.7. The summed E-state index contributed by atoms with van der Waals surface area (Å²) in [6, 6.07) is 9.83. The van der Waals surface area contributed by atoms with Gasteiger partial charge in [-0.1, -0.05) is 65.0 Å². The van der Waals surface area contributed by atoms with Crippen LogP contribution in [0.4, 0.5) is 5.69 Å². The Morgan fingerprint density at radius 3 is 2.56 bits per heavy atom. The Kier molecular flexibility index (Phi) is 7.48. The zero-order valence-electron chi connectivity index (χ0n) is 19.9. The molecule has 1 fully saturated rings. The van der Waals surface area contributed by atoms with E-state index in [4.69, 9.17) is 0 Å². The third-order valence-electron chi connectivity index (χ3n) is 7.77. The average molecular weight is 503 g/mol. The minimum atomic E-state index is -0.317. The van der Waals surface area contributed by atoms with Gasteiger partial charge in [-0.2, -0.15) is 5.10 Å². The lowest BCUT2D eigenvalue weighted by Gasteiger charge is -2.50. The lowest BCUT2D eigenvalue weighted by atomic mass is 9.58. The van der Waals surface area contributed by atoms with Gasteiger partial charge < -0.3 is 10.6 Å². The second kappa shape index (κ2) is 9.77. The number of hydrogen-bond acceptors (Lipinski definition) is 4. The van der Waals surface area contributed by atoms with Gasteiger partial charge >= 0.3 is 0 Å². The molecule has 0 spiro atoms. The molecule has 1 aliphatic carbocycles. The van der Waals surface area contributed by atoms with Gasteiger partial charge in [0.1, 0.15) is 11.0 Å². The standard InChI is InChI=1S/C25H35BrN4O2/c1-15-12-20(16(2)17(3)25(15,5)6)29-21-13-27-30(24(32)23(21)26)14-22(31)28-18(4)19-10-8-7-9-11-19/h7-11,13,15-18,20,29H,12,14H2,1-6H3,(H,28,31)/t15-,16+,17+,18?,20+/m0/s1. The molecule has 0 saturated heterocycles. The molecule has 1 amide bonds. The molecule has 1 heterocycles. The van der Waals surface area contributed by atoms with Crippen molar-refractivity contribution in [1.82, 2.24) is 15.1 Å². The van der Waals surface area contributed by atoms with E-state index in [-0.39, 0.29) is 35.5 Å². The van der Waals surface area contributed by atoms with Gasteiger partial charge in [0.2, 0.25) is 5.91 Å². The maximum atomic E-state index is 12.9. The van der Waals surface area contributed by atoms with E-state index in [2.05, 4.69) is 66.3 Å². The Morgan fingerprint density at radius 1 is 1.25 bits per heavy atom. The van der Waals surface area contributed by atoms with Crippen molar-refractivity contribution in [3.05, 3.63) is 56.9 Å². The summed E-state index contributed by atoms with van der Waals surface area (Å²) in [7, 11) is 0. The lowest BCUT2D eigenvalue weighted by Crippen LogP contribution is -2.48. The molecule has 1 unspecified atom stereocenters. The van der Waals surface area contributed by atoms with E-state index in [0.717, 1.165) is 12.0 Å². The highest BCUT2D eigenvalue weighted by atomic mass is 79.9. The summed E-state index contributed by atoms with van der Waals surface area (Å²) >= 11 is 3.44. The number of rotatable bonds is 6. The zero-order chi connectivity index (χ0) is 23.6. The van der Waals surface area contributed by atoms with Crippen LogP contribution in [0.15, 0.2) is 45.8 Å². The largest absolute Gasteiger partial charge is 0.380 e. The number of carbonyl (C=O) groups excluding carboxylic acids is 1. The number of carbonyl (C=O) groups is 1. The molecule has 32 heavy (non-hydrogen) atoms. The minimum absolute atomic E-state index is 0.128. The molecule has 2 N–H and O–H groups in total. The molecule has 0 bridgehead atoms. The first-order chi connectivity index (χ1) is 15.0. The summed E-state index contributed by atoms with van der Waals surface area (Å²) in [5.74, 6) is 1.31. The van der Waals surface area contributed by atoms with E-state index >= 15 is 0 Å². The highest BCUT2D eigenvalue weighted by Gasteiger charge is 2.43.